The predicted octanol–water partition coefficient (Wildman–Crippen LogP) is 2.28. The monoisotopic (exact) mass is 237 g/mol. The van der Waals surface area contributed by atoms with E-state index < -0.39 is 0 Å². The Labute approximate surface area is 98.2 Å². The number of hydrogen-bond donors (Lipinski definition) is 0. The molecule has 2 aromatic rings. The van der Waals surface area contributed by atoms with E-state index in [1.54, 1.807) is 4.52 Å². The Morgan fingerprint density at radius 3 is 2.94 bits per heavy atom. The van der Waals surface area contributed by atoms with Gasteiger partial charge in [0.2, 0.25) is 0 Å². The molecular formula is C11H12ClN3O. The molecule has 0 radical (unpaired) electrons. The molecule has 84 valence electrons. The smallest absolute Gasteiger partial charge is 0.157 e. The van der Waals surface area contributed by atoms with Gasteiger partial charge in [0.05, 0.1) is 0 Å². The van der Waals surface area contributed by atoms with Crippen LogP contribution in [-0.4, -0.2) is 27.8 Å². The molecule has 0 atom stereocenters. The van der Waals surface area contributed by atoms with Gasteiger partial charge in [-0.05, 0) is 36.5 Å². The zero-order valence-electron chi connectivity index (χ0n) is 8.77. The summed E-state index contributed by atoms with van der Waals surface area (Å²) in [6.07, 6.45) is 3.64. The molecule has 3 rings (SSSR count). The van der Waals surface area contributed by atoms with Crippen LogP contribution in [0.2, 0.25) is 5.15 Å². The molecule has 0 bridgehead atoms. The van der Waals surface area contributed by atoms with Crippen molar-refractivity contribution < 1.29 is 4.74 Å². The van der Waals surface area contributed by atoms with Crippen molar-refractivity contribution >= 4 is 17.2 Å². The molecule has 0 aromatic carbocycles. The number of ether oxygens (including phenoxy) is 1. The largest absolute Gasteiger partial charge is 0.381 e. The van der Waals surface area contributed by atoms with Gasteiger partial charge in [0, 0.05) is 13.2 Å². The van der Waals surface area contributed by atoms with E-state index in [4.69, 9.17) is 16.3 Å². The first kappa shape index (κ1) is 10.1. The zero-order valence-corrected chi connectivity index (χ0v) is 9.52. The lowest BCUT2D eigenvalue weighted by atomic mass is 9.92. The summed E-state index contributed by atoms with van der Waals surface area (Å²) < 4.78 is 7.00. The minimum atomic E-state index is 0.535. The molecule has 0 amide bonds. The first-order valence-electron chi connectivity index (χ1n) is 5.41. The summed E-state index contributed by atoms with van der Waals surface area (Å²) in [4.78, 5) is 4.17. The first-order valence-corrected chi connectivity index (χ1v) is 5.79. The average molecular weight is 238 g/mol. The van der Waals surface area contributed by atoms with E-state index in [-0.39, 0.29) is 0 Å². The minimum absolute atomic E-state index is 0.535. The topological polar surface area (TPSA) is 39.4 Å². The fourth-order valence-electron chi connectivity index (χ4n) is 2.17. The van der Waals surface area contributed by atoms with Gasteiger partial charge in [-0.2, -0.15) is 5.10 Å². The number of nitrogens with zero attached hydrogens (tertiary/aromatic N) is 3. The third-order valence-corrected chi connectivity index (χ3v) is 3.32. The Morgan fingerprint density at radius 2 is 2.12 bits per heavy atom. The highest BCUT2D eigenvalue weighted by atomic mass is 35.5. The van der Waals surface area contributed by atoms with Gasteiger partial charge < -0.3 is 4.74 Å². The molecule has 0 saturated carbocycles. The van der Waals surface area contributed by atoms with E-state index in [0.29, 0.717) is 11.1 Å². The van der Waals surface area contributed by atoms with Crippen molar-refractivity contribution in [3.05, 3.63) is 29.2 Å². The number of hydrogen-bond acceptors (Lipinski definition) is 3. The van der Waals surface area contributed by atoms with Crippen molar-refractivity contribution in [3.63, 3.8) is 0 Å². The zero-order chi connectivity index (χ0) is 11.0. The lowest BCUT2D eigenvalue weighted by molar-refractivity contribution is 0.0853. The molecule has 0 spiro atoms. The Balaban J connectivity index is 2.02. The Kier molecular flexibility index (Phi) is 2.53. The molecule has 1 fully saturated rings. The van der Waals surface area contributed by atoms with Crippen molar-refractivity contribution in [3.8, 4) is 0 Å². The Hall–Kier alpha value is -1.13. The summed E-state index contributed by atoms with van der Waals surface area (Å²) >= 11 is 6.15. The molecule has 2 aromatic heterocycles. The van der Waals surface area contributed by atoms with Crippen LogP contribution in [-0.2, 0) is 4.74 Å². The molecule has 0 unspecified atom stereocenters. The molecule has 16 heavy (non-hydrogen) atoms. The fraction of sp³-hybridized carbons (Fsp3) is 0.455. The van der Waals surface area contributed by atoms with Gasteiger partial charge in [-0.15, -0.1) is 0 Å². The summed E-state index contributed by atoms with van der Waals surface area (Å²) in [5.41, 5.74) is 2.06. The van der Waals surface area contributed by atoms with Crippen LogP contribution in [0.1, 0.15) is 24.3 Å². The summed E-state index contributed by atoms with van der Waals surface area (Å²) in [6.45, 7) is 1.67. The van der Waals surface area contributed by atoms with E-state index in [1.165, 1.54) is 11.9 Å². The second-order valence-corrected chi connectivity index (χ2v) is 4.42. The predicted molar refractivity (Wildman–Crippen MR) is 60.8 cm³/mol. The molecule has 0 N–H and O–H groups in total. The molecule has 1 aliphatic rings. The van der Waals surface area contributed by atoms with Crippen molar-refractivity contribution in [2.45, 2.75) is 18.8 Å². The van der Waals surface area contributed by atoms with E-state index in [0.717, 1.165) is 31.7 Å². The molecule has 4 nitrogen and oxygen atoms in total. The second kappa shape index (κ2) is 4.03. The van der Waals surface area contributed by atoms with Crippen LogP contribution >= 0.6 is 11.6 Å². The van der Waals surface area contributed by atoms with Crippen molar-refractivity contribution in [1.82, 2.24) is 14.6 Å². The molecule has 1 aliphatic heterocycles. The van der Waals surface area contributed by atoms with Gasteiger partial charge in [-0.25, -0.2) is 9.50 Å². The van der Waals surface area contributed by atoms with Gasteiger partial charge in [-0.3, -0.25) is 0 Å². The molecule has 5 heteroatoms. The Bertz CT molecular complexity index is 505. The van der Waals surface area contributed by atoms with Crippen LogP contribution in [0.4, 0.5) is 0 Å². The van der Waals surface area contributed by atoms with Crippen LogP contribution in [0.15, 0.2) is 18.5 Å². The number of rotatable bonds is 1. The summed E-state index contributed by atoms with van der Waals surface area (Å²) in [5.74, 6) is 0.535. The van der Waals surface area contributed by atoms with Crippen molar-refractivity contribution in [1.29, 1.82) is 0 Å². The molecule has 3 heterocycles. The molecule has 1 saturated heterocycles. The quantitative estimate of drug-likeness (QED) is 0.715. The summed E-state index contributed by atoms with van der Waals surface area (Å²) in [6, 6.07) is 4.05. The number of aromatic nitrogens is 3. The normalized spacial score (nSPS) is 18.1. The maximum Gasteiger partial charge on any atom is 0.157 e. The lowest BCUT2D eigenvalue weighted by Gasteiger charge is -2.22. The lowest BCUT2D eigenvalue weighted by Crippen LogP contribution is -2.14. The Morgan fingerprint density at radius 1 is 1.31 bits per heavy atom. The van der Waals surface area contributed by atoms with E-state index in [1.807, 2.05) is 6.07 Å². The van der Waals surface area contributed by atoms with Gasteiger partial charge >= 0.3 is 0 Å². The third kappa shape index (κ3) is 1.68. The van der Waals surface area contributed by atoms with Gasteiger partial charge in [0.15, 0.2) is 5.65 Å². The van der Waals surface area contributed by atoms with Gasteiger partial charge in [0.25, 0.3) is 0 Å². The van der Waals surface area contributed by atoms with Crippen LogP contribution in [0.5, 0.6) is 0 Å². The second-order valence-electron chi connectivity index (χ2n) is 4.03. The highest BCUT2D eigenvalue weighted by Gasteiger charge is 2.17. The number of pyridine rings is 1. The van der Waals surface area contributed by atoms with Crippen LogP contribution in [0.25, 0.3) is 5.65 Å². The SMILES string of the molecule is Clc1cc(C2CCOCC2)cc2ncnn12. The highest BCUT2D eigenvalue weighted by Crippen LogP contribution is 2.29. The number of fused-ring (bicyclic) bond motifs is 1. The first-order chi connectivity index (χ1) is 7.84. The van der Waals surface area contributed by atoms with Crippen LogP contribution in [0, 0.1) is 0 Å². The average Bonchev–Trinajstić information content (AvgIpc) is 2.79. The van der Waals surface area contributed by atoms with Crippen LogP contribution < -0.4 is 0 Å². The standard InChI is InChI=1S/C11H12ClN3O/c12-10-5-9(8-1-3-16-4-2-8)6-11-13-7-14-15(10)11/h5-8H,1-4H2. The van der Waals surface area contributed by atoms with Crippen LogP contribution in [0.3, 0.4) is 0 Å². The van der Waals surface area contributed by atoms with E-state index >= 15 is 0 Å². The van der Waals surface area contributed by atoms with Crippen molar-refractivity contribution in [2.75, 3.05) is 13.2 Å². The molecule has 0 aliphatic carbocycles. The highest BCUT2D eigenvalue weighted by molar-refractivity contribution is 6.29. The fourth-order valence-corrected chi connectivity index (χ4v) is 2.43. The maximum absolute atomic E-state index is 6.15. The van der Waals surface area contributed by atoms with Gasteiger partial charge in [0.1, 0.15) is 11.5 Å². The molecular weight excluding hydrogens is 226 g/mol. The maximum atomic E-state index is 6.15. The summed E-state index contributed by atoms with van der Waals surface area (Å²) in [7, 11) is 0. The summed E-state index contributed by atoms with van der Waals surface area (Å²) in [5, 5.41) is 4.68. The van der Waals surface area contributed by atoms with E-state index in [9.17, 15) is 0 Å². The number of halogens is 1. The third-order valence-electron chi connectivity index (χ3n) is 3.05. The van der Waals surface area contributed by atoms with Crippen molar-refractivity contribution in [2.24, 2.45) is 0 Å². The van der Waals surface area contributed by atoms with Gasteiger partial charge in [-0.1, -0.05) is 11.6 Å². The minimum Gasteiger partial charge on any atom is -0.381 e. The van der Waals surface area contributed by atoms with E-state index in [2.05, 4.69) is 16.1 Å².